The normalized spacial score (nSPS) is 16.7. The summed E-state index contributed by atoms with van der Waals surface area (Å²) in [6.07, 6.45) is 3.07. The first-order valence-electron chi connectivity index (χ1n) is 6.49. The van der Waals surface area contributed by atoms with Crippen LogP contribution in [0.1, 0.15) is 36.0 Å². The molecule has 0 aliphatic heterocycles. The molecule has 1 saturated carbocycles. The molecule has 0 heterocycles. The van der Waals surface area contributed by atoms with Crippen molar-refractivity contribution in [3.8, 4) is 11.5 Å². The van der Waals surface area contributed by atoms with Crippen molar-refractivity contribution in [1.82, 2.24) is 0 Å². The van der Waals surface area contributed by atoms with Gasteiger partial charge in [-0.1, -0.05) is 12.8 Å². The van der Waals surface area contributed by atoms with E-state index in [1.807, 2.05) is 0 Å². The number of alkyl halides is 3. The van der Waals surface area contributed by atoms with Crippen LogP contribution in [0.5, 0.6) is 11.5 Å². The number of hydrogen-bond donors (Lipinski definition) is 1. The highest BCUT2D eigenvalue weighted by Gasteiger charge is 2.48. The lowest BCUT2D eigenvalue weighted by atomic mass is 9.96. The second kappa shape index (κ2) is 5.79. The van der Waals surface area contributed by atoms with Crippen LogP contribution >= 0.6 is 0 Å². The monoisotopic (exact) mass is 338 g/mol. The van der Waals surface area contributed by atoms with Crippen LogP contribution in [0.3, 0.4) is 0 Å². The molecule has 0 amide bonds. The van der Waals surface area contributed by atoms with Crippen molar-refractivity contribution >= 4 is 15.9 Å². The number of carbonyl (C=O) groups is 1. The first kappa shape index (κ1) is 16.6. The van der Waals surface area contributed by atoms with Gasteiger partial charge in [-0.25, -0.2) is 0 Å². The molecule has 22 heavy (non-hydrogen) atoms. The minimum Gasteiger partial charge on any atom is -0.508 e. The maximum absolute atomic E-state index is 12.3. The largest absolute Gasteiger partial charge is 0.534 e. The summed E-state index contributed by atoms with van der Waals surface area (Å²) >= 11 is 0. The van der Waals surface area contributed by atoms with Gasteiger partial charge >= 0.3 is 15.6 Å². The van der Waals surface area contributed by atoms with E-state index in [1.54, 1.807) is 0 Å². The van der Waals surface area contributed by atoms with Crippen LogP contribution in [-0.4, -0.2) is 24.8 Å². The lowest BCUT2D eigenvalue weighted by molar-refractivity contribution is -0.0500. The summed E-state index contributed by atoms with van der Waals surface area (Å²) in [6.45, 7) is 0. The molecule has 1 aromatic carbocycles. The molecule has 0 aromatic heterocycles. The van der Waals surface area contributed by atoms with E-state index >= 15 is 0 Å². The molecule has 5 nitrogen and oxygen atoms in total. The lowest BCUT2D eigenvalue weighted by Gasteiger charge is -2.12. The van der Waals surface area contributed by atoms with Crippen molar-refractivity contribution in [2.75, 3.05) is 0 Å². The van der Waals surface area contributed by atoms with Gasteiger partial charge < -0.3 is 9.29 Å². The van der Waals surface area contributed by atoms with Crippen molar-refractivity contribution < 1.29 is 35.7 Å². The highest BCUT2D eigenvalue weighted by molar-refractivity contribution is 7.88. The molecular formula is C13H13F3O5S. The van der Waals surface area contributed by atoms with Gasteiger partial charge in [-0.15, -0.1) is 0 Å². The number of carbonyl (C=O) groups excluding carboxylic acids is 1. The molecule has 0 saturated heterocycles. The van der Waals surface area contributed by atoms with Crippen molar-refractivity contribution in [1.29, 1.82) is 0 Å². The number of benzene rings is 1. The maximum Gasteiger partial charge on any atom is 0.534 e. The van der Waals surface area contributed by atoms with Crippen LogP contribution in [0.4, 0.5) is 13.2 Å². The summed E-state index contributed by atoms with van der Waals surface area (Å²) in [5.41, 5.74) is -5.66. The smallest absolute Gasteiger partial charge is 0.508 e. The van der Waals surface area contributed by atoms with E-state index in [-0.39, 0.29) is 17.3 Å². The van der Waals surface area contributed by atoms with E-state index in [9.17, 15) is 31.5 Å². The average Bonchev–Trinajstić information content (AvgIpc) is 2.88. The van der Waals surface area contributed by atoms with Crippen molar-refractivity contribution in [3.63, 3.8) is 0 Å². The third-order valence-electron chi connectivity index (χ3n) is 3.39. The molecule has 1 fully saturated rings. The molecule has 0 bridgehead atoms. The molecule has 1 aliphatic carbocycles. The Hall–Kier alpha value is -1.77. The second-order valence-corrected chi connectivity index (χ2v) is 6.58. The SMILES string of the molecule is O=C(c1cc(O)cc(OS(=O)(=O)C(F)(F)F)c1)C1CCCC1. The first-order chi connectivity index (χ1) is 10.1. The number of Topliss-reactive ketones (excluding diaryl/α,β-unsaturated/α-hetero) is 1. The minimum atomic E-state index is -5.85. The van der Waals surface area contributed by atoms with Gasteiger partial charge in [0.05, 0.1) is 0 Å². The zero-order valence-corrected chi connectivity index (χ0v) is 12.1. The van der Waals surface area contributed by atoms with E-state index in [2.05, 4.69) is 4.18 Å². The van der Waals surface area contributed by atoms with Gasteiger partial charge in [0, 0.05) is 17.5 Å². The van der Waals surface area contributed by atoms with E-state index in [0.29, 0.717) is 18.9 Å². The van der Waals surface area contributed by atoms with Gasteiger partial charge in [-0.2, -0.15) is 21.6 Å². The molecule has 1 N–H and O–H groups in total. The fraction of sp³-hybridized carbons (Fsp3) is 0.462. The Balaban J connectivity index is 2.29. The number of aromatic hydroxyl groups is 1. The summed E-state index contributed by atoms with van der Waals surface area (Å²) in [7, 11) is -5.85. The van der Waals surface area contributed by atoms with Crippen molar-refractivity contribution in [2.24, 2.45) is 5.92 Å². The summed E-state index contributed by atoms with van der Waals surface area (Å²) in [6, 6.07) is 2.67. The number of phenols is 1. The van der Waals surface area contributed by atoms with E-state index < -0.39 is 27.1 Å². The van der Waals surface area contributed by atoms with Gasteiger partial charge in [-0.05, 0) is 25.0 Å². The Bertz CT molecular complexity index is 675. The van der Waals surface area contributed by atoms with Crippen molar-refractivity contribution in [3.05, 3.63) is 23.8 Å². The summed E-state index contributed by atoms with van der Waals surface area (Å²) < 4.78 is 62.7. The molecule has 0 unspecified atom stereocenters. The number of rotatable bonds is 4. The third-order valence-corrected chi connectivity index (χ3v) is 4.37. The fourth-order valence-corrected chi connectivity index (χ4v) is 2.82. The Morgan fingerprint density at radius 2 is 1.77 bits per heavy atom. The standard InChI is InChI=1S/C13H13F3O5S/c14-13(15,16)22(19,20)21-11-6-9(5-10(17)7-11)12(18)8-3-1-2-4-8/h5-8,17H,1-4H2. The van der Waals surface area contributed by atoms with E-state index in [4.69, 9.17) is 0 Å². The number of hydrogen-bond acceptors (Lipinski definition) is 5. The zero-order chi connectivity index (χ0) is 16.5. The Kier molecular flexibility index (Phi) is 4.37. The Labute approximate surface area is 124 Å². The zero-order valence-electron chi connectivity index (χ0n) is 11.3. The predicted molar refractivity (Wildman–Crippen MR) is 70.0 cm³/mol. The predicted octanol–water partition coefficient (Wildman–Crippen LogP) is 2.99. The Morgan fingerprint density at radius 3 is 2.32 bits per heavy atom. The fourth-order valence-electron chi connectivity index (χ4n) is 2.37. The molecule has 1 aromatic rings. The summed E-state index contributed by atoms with van der Waals surface area (Å²) in [4.78, 5) is 12.2. The molecular weight excluding hydrogens is 325 g/mol. The molecule has 2 rings (SSSR count). The van der Waals surface area contributed by atoms with Crippen LogP contribution in [0.15, 0.2) is 18.2 Å². The quantitative estimate of drug-likeness (QED) is 0.518. The first-order valence-corrected chi connectivity index (χ1v) is 7.90. The highest BCUT2D eigenvalue weighted by atomic mass is 32.2. The van der Waals surface area contributed by atoms with Crippen LogP contribution in [0, 0.1) is 5.92 Å². The van der Waals surface area contributed by atoms with Crippen LogP contribution < -0.4 is 4.18 Å². The van der Waals surface area contributed by atoms with Gasteiger partial charge in [0.25, 0.3) is 0 Å². The number of ketones is 1. The molecule has 9 heteroatoms. The third kappa shape index (κ3) is 3.52. The highest BCUT2D eigenvalue weighted by Crippen LogP contribution is 2.33. The topological polar surface area (TPSA) is 80.7 Å². The van der Waals surface area contributed by atoms with Gasteiger partial charge in [-0.3, -0.25) is 4.79 Å². The van der Waals surface area contributed by atoms with Gasteiger partial charge in [0.15, 0.2) is 5.78 Å². The van der Waals surface area contributed by atoms with E-state index in [1.165, 1.54) is 0 Å². The Morgan fingerprint density at radius 1 is 1.18 bits per heavy atom. The molecule has 1 aliphatic rings. The minimum absolute atomic E-state index is 0.0701. The second-order valence-electron chi connectivity index (χ2n) is 5.04. The average molecular weight is 338 g/mol. The van der Waals surface area contributed by atoms with Crippen molar-refractivity contribution in [2.45, 2.75) is 31.2 Å². The van der Waals surface area contributed by atoms with Gasteiger partial charge in [0.1, 0.15) is 11.5 Å². The molecule has 122 valence electrons. The molecule has 0 radical (unpaired) electrons. The van der Waals surface area contributed by atoms with E-state index in [0.717, 1.165) is 25.0 Å². The number of phenolic OH excluding ortho intramolecular Hbond substituents is 1. The number of halogens is 3. The van der Waals surface area contributed by atoms with Gasteiger partial charge in [0.2, 0.25) is 0 Å². The molecule has 0 atom stereocenters. The maximum atomic E-state index is 12.3. The lowest BCUT2D eigenvalue weighted by Crippen LogP contribution is -2.28. The summed E-state index contributed by atoms with van der Waals surface area (Å²) in [5.74, 6) is -1.91. The summed E-state index contributed by atoms with van der Waals surface area (Å²) in [5, 5.41) is 9.48. The van der Waals surface area contributed by atoms with Crippen LogP contribution in [0.2, 0.25) is 0 Å². The molecule has 0 spiro atoms. The van der Waals surface area contributed by atoms with Crippen LogP contribution in [0.25, 0.3) is 0 Å². The van der Waals surface area contributed by atoms with Crippen LogP contribution in [-0.2, 0) is 10.1 Å².